The van der Waals surface area contributed by atoms with Crippen LogP contribution in [0.15, 0.2) is 24.3 Å². The molecule has 0 radical (unpaired) electrons. The van der Waals surface area contributed by atoms with Crippen molar-refractivity contribution >= 4 is 29.1 Å². The Morgan fingerprint density at radius 3 is 2.67 bits per heavy atom. The number of nitrogens with zero attached hydrogens (tertiary/aromatic N) is 2. The van der Waals surface area contributed by atoms with Gasteiger partial charge in [0.2, 0.25) is 0 Å². The molecule has 0 bridgehead atoms. The van der Waals surface area contributed by atoms with Crippen molar-refractivity contribution in [1.82, 2.24) is 9.59 Å². The minimum Gasteiger partial charge on any atom is -0.465 e. The molecule has 21 heavy (non-hydrogen) atoms. The number of carbonyl (C=O) groups is 2. The molecule has 1 aromatic carbocycles. The standard InChI is InChI=1S/C14H15N3O3S/c1-8(2)11-12(21-17-16-11)13(18)15-10-7-5-4-6-9(10)14(19)20-3/h4-8H,1-3H3,(H,15,18). The lowest BCUT2D eigenvalue weighted by Crippen LogP contribution is -2.16. The lowest BCUT2D eigenvalue weighted by atomic mass is 10.1. The number of rotatable bonds is 4. The fourth-order valence-electron chi connectivity index (χ4n) is 1.79. The average molecular weight is 305 g/mol. The van der Waals surface area contributed by atoms with E-state index >= 15 is 0 Å². The van der Waals surface area contributed by atoms with E-state index in [-0.39, 0.29) is 11.8 Å². The van der Waals surface area contributed by atoms with E-state index in [9.17, 15) is 9.59 Å². The summed E-state index contributed by atoms with van der Waals surface area (Å²) in [7, 11) is 1.30. The van der Waals surface area contributed by atoms with Crippen molar-refractivity contribution in [2.45, 2.75) is 19.8 Å². The van der Waals surface area contributed by atoms with Crippen LogP contribution < -0.4 is 5.32 Å². The summed E-state index contributed by atoms with van der Waals surface area (Å²) in [4.78, 5) is 24.5. The van der Waals surface area contributed by atoms with E-state index in [2.05, 4.69) is 14.9 Å². The smallest absolute Gasteiger partial charge is 0.339 e. The minimum absolute atomic E-state index is 0.0975. The lowest BCUT2D eigenvalue weighted by molar-refractivity contribution is 0.0602. The first-order valence-electron chi connectivity index (χ1n) is 6.35. The van der Waals surface area contributed by atoms with Gasteiger partial charge in [0, 0.05) is 0 Å². The molecule has 0 aliphatic heterocycles. The Kier molecular flexibility index (Phi) is 4.64. The lowest BCUT2D eigenvalue weighted by Gasteiger charge is -2.09. The molecule has 0 aliphatic rings. The maximum absolute atomic E-state index is 12.3. The van der Waals surface area contributed by atoms with Crippen LogP contribution in [0.1, 0.15) is 45.5 Å². The number of hydrogen-bond acceptors (Lipinski definition) is 6. The summed E-state index contributed by atoms with van der Waals surface area (Å²) in [5, 5.41) is 6.68. The first-order chi connectivity index (χ1) is 10.0. The number of esters is 1. The van der Waals surface area contributed by atoms with Gasteiger partial charge in [-0.1, -0.05) is 30.5 Å². The number of aromatic nitrogens is 2. The van der Waals surface area contributed by atoms with Gasteiger partial charge < -0.3 is 10.1 Å². The van der Waals surface area contributed by atoms with E-state index in [4.69, 9.17) is 4.74 Å². The number of amides is 1. The van der Waals surface area contributed by atoms with Crippen LogP contribution in [0.2, 0.25) is 0 Å². The van der Waals surface area contributed by atoms with Crippen molar-refractivity contribution in [2.24, 2.45) is 0 Å². The van der Waals surface area contributed by atoms with Crippen LogP contribution in [0.3, 0.4) is 0 Å². The summed E-state index contributed by atoms with van der Waals surface area (Å²) in [5.74, 6) is -0.734. The Morgan fingerprint density at radius 2 is 2.00 bits per heavy atom. The predicted molar refractivity (Wildman–Crippen MR) is 79.7 cm³/mol. The quantitative estimate of drug-likeness (QED) is 0.878. The topological polar surface area (TPSA) is 81.2 Å². The molecule has 0 unspecified atom stereocenters. The Hall–Kier alpha value is -2.28. The number of ether oxygens (including phenoxy) is 1. The zero-order valence-corrected chi connectivity index (χ0v) is 12.7. The van der Waals surface area contributed by atoms with Crippen LogP contribution in [0.5, 0.6) is 0 Å². The molecular weight excluding hydrogens is 290 g/mol. The van der Waals surface area contributed by atoms with Crippen molar-refractivity contribution in [3.05, 3.63) is 40.4 Å². The molecule has 2 aromatic rings. The van der Waals surface area contributed by atoms with Crippen LogP contribution >= 0.6 is 11.5 Å². The molecule has 7 heteroatoms. The highest BCUT2D eigenvalue weighted by Crippen LogP contribution is 2.22. The Labute approximate surface area is 126 Å². The van der Waals surface area contributed by atoms with Crippen LogP contribution in [0.25, 0.3) is 0 Å². The SMILES string of the molecule is COC(=O)c1ccccc1NC(=O)c1snnc1C(C)C. The maximum Gasteiger partial charge on any atom is 0.339 e. The van der Waals surface area contributed by atoms with Crippen molar-refractivity contribution in [2.75, 3.05) is 12.4 Å². The van der Waals surface area contributed by atoms with Gasteiger partial charge in [-0.05, 0) is 29.6 Å². The first kappa shape index (κ1) is 15.1. The van der Waals surface area contributed by atoms with Crippen molar-refractivity contribution in [1.29, 1.82) is 0 Å². The first-order valence-corrected chi connectivity index (χ1v) is 7.13. The number of methoxy groups -OCH3 is 1. The highest BCUT2D eigenvalue weighted by atomic mass is 32.1. The molecule has 0 fully saturated rings. The molecule has 0 atom stereocenters. The highest BCUT2D eigenvalue weighted by molar-refractivity contribution is 7.08. The van der Waals surface area contributed by atoms with Crippen LogP contribution in [-0.4, -0.2) is 28.6 Å². The van der Waals surface area contributed by atoms with Gasteiger partial charge in [-0.2, -0.15) is 0 Å². The minimum atomic E-state index is -0.502. The molecule has 1 amide bonds. The van der Waals surface area contributed by atoms with Gasteiger partial charge in [0.15, 0.2) is 0 Å². The molecule has 1 aromatic heterocycles. The summed E-state index contributed by atoms with van der Waals surface area (Å²) < 4.78 is 8.52. The number of carbonyl (C=O) groups excluding carboxylic acids is 2. The van der Waals surface area contributed by atoms with E-state index in [1.54, 1.807) is 24.3 Å². The largest absolute Gasteiger partial charge is 0.465 e. The normalized spacial score (nSPS) is 10.5. The van der Waals surface area contributed by atoms with Crippen LogP contribution in [0, 0.1) is 0 Å². The van der Waals surface area contributed by atoms with E-state index in [0.29, 0.717) is 21.8 Å². The third-order valence-corrected chi connectivity index (χ3v) is 3.59. The number of para-hydroxylation sites is 1. The zero-order valence-electron chi connectivity index (χ0n) is 11.9. The molecule has 0 saturated heterocycles. The number of benzene rings is 1. The van der Waals surface area contributed by atoms with E-state index in [1.165, 1.54) is 7.11 Å². The molecule has 110 valence electrons. The van der Waals surface area contributed by atoms with Gasteiger partial charge >= 0.3 is 5.97 Å². The van der Waals surface area contributed by atoms with Gasteiger partial charge in [0.05, 0.1) is 24.1 Å². The Morgan fingerprint density at radius 1 is 1.29 bits per heavy atom. The Bertz CT molecular complexity index is 667. The van der Waals surface area contributed by atoms with Crippen molar-refractivity contribution in [3.8, 4) is 0 Å². The van der Waals surface area contributed by atoms with Gasteiger partial charge in [-0.25, -0.2) is 4.79 Å². The molecule has 0 aliphatic carbocycles. The summed E-state index contributed by atoms with van der Waals surface area (Å²) in [6.45, 7) is 3.88. The van der Waals surface area contributed by atoms with E-state index < -0.39 is 5.97 Å². The molecule has 6 nitrogen and oxygen atoms in total. The van der Waals surface area contributed by atoms with Gasteiger partial charge in [0.1, 0.15) is 4.88 Å². The second-order valence-corrected chi connectivity index (χ2v) is 5.39. The molecule has 0 saturated carbocycles. The second-order valence-electron chi connectivity index (χ2n) is 4.63. The molecule has 2 rings (SSSR count). The monoisotopic (exact) mass is 305 g/mol. The van der Waals surface area contributed by atoms with Crippen LogP contribution in [-0.2, 0) is 4.74 Å². The van der Waals surface area contributed by atoms with Crippen molar-refractivity contribution in [3.63, 3.8) is 0 Å². The predicted octanol–water partition coefficient (Wildman–Crippen LogP) is 2.70. The van der Waals surface area contributed by atoms with E-state index in [1.807, 2.05) is 13.8 Å². The molecule has 0 spiro atoms. The summed E-state index contributed by atoms with van der Waals surface area (Å²) in [6, 6.07) is 6.68. The van der Waals surface area contributed by atoms with Gasteiger partial charge in [0.25, 0.3) is 5.91 Å². The van der Waals surface area contributed by atoms with E-state index in [0.717, 1.165) is 11.5 Å². The number of hydrogen-bond donors (Lipinski definition) is 1. The van der Waals surface area contributed by atoms with Gasteiger partial charge in [-0.15, -0.1) is 5.10 Å². The maximum atomic E-state index is 12.3. The summed E-state index contributed by atoms with van der Waals surface area (Å²) >= 11 is 1.04. The molecule has 1 N–H and O–H groups in total. The number of nitrogens with one attached hydrogen (secondary N) is 1. The van der Waals surface area contributed by atoms with Crippen molar-refractivity contribution < 1.29 is 14.3 Å². The molecular formula is C14H15N3O3S. The van der Waals surface area contributed by atoms with Gasteiger partial charge in [-0.3, -0.25) is 4.79 Å². The van der Waals surface area contributed by atoms with Crippen LogP contribution in [0.4, 0.5) is 5.69 Å². The number of anilines is 1. The average Bonchev–Trinajstić information content (AvgIpc) is 2.96. The fraction of sp³-hybridized carbons (Fsp3) is 0.286. The highest BCUT2D eigenvalue weighted by Gasteiger charge is 2.20. The molecule has 1 heterocycles. The fourth-order valence-corrected chi connectivity index (χ4v) is 2.51. The Balaban J connectivity index is 2.28. The zero-order chi connectivity index (χ0) is 15.4. The summed E-state index contributed by atoms with van der Waals surface area (Å²) in [5.41, 5.74) is 1.35. The second kappa shape index (κ2) is 6.45. The summed E-state index contributed by atoms with van der Waals surface area (Å²) in [6.07, 6.45) is 0. The third-order valence-electron chi connectivity index (χ3n) is 2.85. The third kappa shape index (κ3) is 3.25.